The number of aromatic nitrogens is 1. The van der Waals surface area contributed by atoms with Gasteiger partial charge in [0.2, 0.25) is 12.3 Å². The molecule has 2 aromatic rings. The van der Waals surface area contributed by atoms with Crippen molar-refractivity contribution >= 4 is 44.9 Å². The fourth-order valence-corrected chi connectivity index (χ4v) is 5.12. The van der Waals surface area contributed by atoms with Crippen molar-refractivity contribution in [1.29, 1.82) is 5.26 Å². The number of pyridine rings is 1. The Balaban J connectivity index is 0.000000345. The molecule has 4 rings (SSSR count). The van der Waals surface area contributed by atoms with Crippen LogP contribution in [0.2, 0.25) is 0 Å². The van der Waals surface area contributed by atoms with Crippen LogP contribution in [0.25, 0.3) is 10.8 Å². The molecule has 1 aromatic carbocycles. The van der Waals surface area contributed by atoms with E-state index in [0.717, 1.165) is 34.0 Å². The van der Waals surface area contributed by atoms with E-state index in [-0.39, 0.29) is 0 Å². The van der Waals surface area contributed by atoms with E-state index in [0.29, 0.717) is 36.9 Å². The third kappa shape index (κ3) is 11.3. The summed E-state index contributed by atoms with van der Waals surface area (Å²) in [6.45, 7) is 11.2. The highest BCUT2D eigenvalue weighted by molar-refractivity contribution is 9.10. The highest BCUT2D eigenvalue weighted by Gasteiger charge is 2.40. The second kappa shape index (κ2) is 17.6. The van der Waals surface area contributed by atoms with Gasteiger partial charge in [0.15, 0.2) is 0 Å². The molecule has 2 fully saturated rings. The third-order valence-electron chi connectivity index (χ3n) is 6.17. The number of benzene rings is 1. The summed E-state index contributed by atoms with van der Waals surface area (Å²) in [5, 5.41) is 14.9. The zero-order chi connectivity index (χ0) is 31.2. The number of nitrogens with zero attached hydrogens (tertiary/aromatic N) is 3. The van der Waals surface area contributed by atoms with Crippen LogP contribution >= 0.6 is 15.9 Å². The van der Waals surface area contributed by atoms with Gasteiger partial charge >= 0.3 is 12.1 Å². The maximum atomic E-state index is 11.9. The summed E-state index contributed by atoms with van der Waals surface area (Å²) in [6.07, 6.45) is 2.25. The van der Waals surface area contributed by atoms with Crippen molar-refractivity contribution in [2.75, 3.05) is 19.6 Å². The summed E-state index contributed by atoms with van der Waals surface area (Å²) < 4.78 is 36.7. The highest BCUT2D eigenvalue weighted by atomic mass is 79.9. The van der Waals surface area contributed by atoms with Crippen LogP contribution in [0.15, 0.2) is 35.1 Å². The fraction of sp³-hybridized carbons (Fsp3) is 0.552. The molecule has 0 bridgehead atoms. The van der Waals surface area contributed by atoms with Crippen molar-refractivity contribution in [3.63, 3.8) is 0 Å². The van der Waals surface area contributed by atoms with Gasteiger partial charge in [0.25, 0.3) is 0 Å². The van der Waals surface area contributed by atoms with Crippen LogP contribution < -0.4 is 10.6 Å². The van der Waals surface area contributed by atoms with Gasteiger partial charge in [-0.2, -0.15) is 18.4 Å². The molecule has 1 aromatic heterocycles. The van der Waals surface area contributed by atoms with Crippen LogP contribution in [-0.4, -0.2) is 53.9 Å². The minimum atomic E-state index is -4.93. The molecule has 2 N–H and O–H groups in total. The Labute approximate surface area is 248 Å². The molecule has 3 atom stereocenters. The molecule has 3 amide bonds. The SMILES string of the molecule is CC.CC(C)C.N#CC(NC=O)c1cncc2cccc(Br)c12.O=C(CNC(=O)C(F)(F)F)N1CC2CCCC2C1. The second-order valence-electron chi connectivity index (χ2n) is 10.1. The molecule has 41 heavy (non-hydrogen) atoms. The summed E-state index contributed by atoms with van der Waals surface area (Å²) in [7, 11) is 0. The molecular formula is C29H39BrF3N5O3. The van der Waals surface area contributed by atoms with Gasteiger partial charge in [-0.1, -0.05) is 69.1 Å². The maximum absolute atomic E-state index is 11.9. The van der Waals surface area contributed by atoms with Crippen LogP contribution in [0.1, 0.15) is 65.5 Å². The number of alkyl halides is 3. The number of carbonyl (C=O) groups is 3. The van der Waals surface area contributed by atoms with Crippen molar-refractivity contribution in [2.24, 2.45) is 17.8 Å². The average molecular weight is 643 g/mol. The summed E-state index contributed by atoms with van der Waals surface area (Å²) in [5.74, 6) is -0.670. The first-order valence-corrected chi connectivity index (χ1v) is 14.4. The van der Waals surface area contributed by atoms with Gasteiger partial charge in [-0.15, -0.1) is 0 Å². The monoisotopic (exact) mass is 641 g/mol. The van der Waals surface area contributed by atoms with Gasteiger partial charge in [-0.05, 0) is 36.7 Å². The summed E-state index contributed by atoms with van der Waals surface area (Å²) >= 11 is 3.44. The Morgan fingerprint density at radius 1 is 1.17 bits per heavy atom. The number of nitriles is 1. The first-order chi connectivity index (χ1) is 19.4. The van der Waals surface area contributed by atoms with Crippen molar-refractivity contribution in [3.05, 3.63) is 40.6 Å². The Hall–Kier alpha value is -3.20. The van der Waals surface area contributed by atoms with E-state index in [9.17, 15) is 27.6 Å². The zero-order valence-corrected chi connectivity index (χ0v) is 25.7. The number of amides is 3. The van der Waals surface area contributed by atoms with Crippen LogP contribution in [0.5, 0.6) is 0 Å². The number of carbonyl (C=O) groups excluding carboxylic acids is 3. The van der Waals surface area contributed by atoms with E-state index in [4.69, 9.17) is 5.26 Å². The lowest BCUT2D eigenvalue weighted by atomic mass is 10.0. The predicted molar refractivity (Wildman–Crippen MR) is 155 cm³/mol. The Bertz CT molecular complexity index is 1170. The van der Waals surface area contributed by atoms with Crippen LogP contribution in [0.3, 0.4) is 0 Å². The van der Waals surface area contributed by atoms with Gasteiger partial charge in [0.1, 0.15) is 6.04 Å². The second-order valence-corrected chi connectivity index (χ2v) is 10.9. The van der Waals surface area contributed by atoms with E-state index in [1.165, 1.54) is 6.42 Å². The van der Waals surface area contributed by atoms with Crippen LogP contribution in [-0.2, 0) is 14.4 Å². The zero-order valence-electron chi connectivity index (χ0n) is 24.1. The fourth-order valence-electron chi connectivity index (χ4n) is 4.51. The highest BCUT2D eigenvalue weighted by Crippen LogP contribution is 2.37. The Kier molecular flexibility index (Phi) is 15.4. The molecule has 1 saturated carbocycles. The number of likely N-dealkylation sites (tertiary alicyclic amines) is 1. The first kappa shape index (κ1) is 35.8. The molecule has 3 unspecified atom stereocenters. The first-order valence-electron chi connectivity index (χ1n) is 13.6. The molecule has 2 heterocycles. The molecule has 1 aliphatic carbocycles. The molecule has 0 spiro atoms. The van der Waals surface area contributed by atoms with Crippen molar-refractivity contribution < 1.29 is 27.6 Å². The molecule has 0 radical (unpaired) electrons. The number of halogens is 4. The lowest BCUT2D eigenvalue weighted by molar-refractivity contribution is -0.174. The number of nitrogens with one attached hydrogen (secondary N) is 2. The van der Waals surface area contributed by atoms with Gasteiger partial charge in [0.05, 0.1) is 12.6 Å². The molecule has 226 valence electrons. The van der Waals surface area contributed by atoms with E-state index in [1.54, 1.807) is 22.6 Å². The summed E-state index contributed by atoms with van der Waals surface area (Å²) in [6, 6.07) is 7.04. The van der Waals surface area contributed by atoms with Crippen LogP contribution in [0.4, 0.5) is 13.2 Å². The van der Waals surface area contributed by atoms with Gasteiger partial charge in [-0.3, -0.25) is 19.4 Å². The number of hydrogen-bond donors (Lipinski definition) is 2. The maximum Gasteiger partial charge on any atom is 0.471 e. The smallest absolute Gasteiger partial charge is 0.341 e. The van der Waals surface area contributed by atoms with E-state index >= 15 is 0 Å². The van der Waals surface area contributed by atoms with Crippen LogP contribution in [0, 0.1) is 29.1 Å². The minimum absolute atomic E-state index is 0.429. The number of fused-ring (bicyclic) bond motifs is 2. The normalized spacial score (nSPS) is 17.8. The van der Waals surface area contributed by atoms with Gasteiger partial charge < -0.3 is 15.5 Å². The summed E-state index contributed by atoms with van der Waals surface area (Å²) in [4.78, 5) is 38.3. The standard InChI is InChI=1S/C12H8BrN3O.C11H15F3N2O2.C4H10.C2H6/c13-10-3-1-2-8-5-15-6-9(12(8)10)11(4-14)16-7-17;12-11(13,14)10(18)15-4-9(17)16-5-7-2-1-3-8(7)6-16;1-4(2)3;1-2/h1-3,5-7,11H,(H,16,17);7-8H,1-6H2,(H,15,18);4H,1-3H3;1-2H3. The molecule has 12 heteroatoms. The van der Waals surface area contributed by atoms with E-state index in [2.05, 4.69) is 47.0 Å². The molecule has 1 aliphatic heterocycles. The predicted octanol–water partition coefficient (Wildman–Crippen LogP) is 5.92. The Morgan fingerprint density at radius 2 is 1.76 bits per heavy atom. The topological polar surface area (TPSA) is 115 Å². The number of rotatable bonds is 5. The van der Waals surface area contributed by atoms with Crippen molar-refractivity contribution in [3.8, 4) is 6.07 Å². The molecular weight excluding hydrogens is 603 g/mol. The van der Waals surface area contributed by atoms with Crippen molar-refractivity contribution in [1.82, 2.24) is 20.5 Å². The van der Waals surface area contributed by atoms with Gasteiger partial charge in [-0.25, -0.2) is 0 Å². The third-order valence-corrected chi connectivity index (χ3v) is 6.83. The largest absolute Gasteiger partial charge is 0.471 e. The van der Waals surface area contributed by atoms with E-state index < -0.39 is 30.6 Å². The number of hydrogen-bond acceptors (Lipinski definition) is 5. The molecule has 2 aliphatic rings. The summed E-state index contributed by atoms with van der Waals surface area (Å²) in [5.41, 5.74) is 0.685. The molecule has 1 saturated heterocycles. The minimum Gasteiger partial charge on any atom is -0.341 e. The quantitative estimate of drug-likeness (QED) is 0.393. The van der Waals surface area contributed by atoms with Gasteiger partial charge in [0, 0.05) is 46.3 Å². The Morgan fingerprint density at radius 3 is 2.27 bits per heavy atom. The lowest BCUT2D eigenvalue weighted by Crippen LogP contribution is -2.44. The van der Waals surface area contributed by atoms with Crippen molar-refractivity contribution in [2.45, 2.75) is 66.1 Å². The van der Waals surface area contributed by atoms with E-state index in [1.807, 2.05) is 38.1 Å². The average Bonchev–Trinajstić information content (AvgIpc) is 3.54. The molecule has 8 nitrogen and oxygen atoms in total. The lowest BCUT2D eigenvalue weighted by Gasteiger charge is -2.17.